The Hall–Kier alpha value is -0.370. The van der Waals surface area contributed by atoms with E-state index in [-0.39, 0.29) is 5.92 Å². The highest BCUT2D eigenvalue weighted by molar-refractivity contribution is 5.81. The molecule has 0 aromatic rings. The first-order chi connectivity index (χ1) is 6.63. The van der Waals surface area contributed by atoms with Gasteiger partial charge in [-0.15, -0.1) is 0 Å². The van der Waals surface area contributed by atoms with Crippen LogP contribution in [0.5, 0.6) is 0 Å². The van der Waals surface area contributed by atoms with Gasteiger partial charge in [0.25, 0.3) is 0 Å². The third-order valence-corrected chi connectivity index (χ3v) is 2.99. The average Bonchev–Trinajstić information content (AvgIpc) is 2.93. The van der Waals surface area contributed by atoms with Gasteiger partial charge < -0.3 is 5.73 Å². The van der Waals surface area contributed by atoms with Crippen LogP contribution >= 0.6 is 0 Å². The van der Waals surface area contributed by atoms with Gasteiger partial charge in [-0.25, -0.2) is 0 Å². The molecule has 0 radical (unpaired) electrons. The van der Waals surface area contributed by atoms with E-state index in [1.807, 2.05) is 0 Å². The number of hydrogen-bond donors (Lipinski definition) is 1. The summed E-state index contributed by atoms with van der Waals surface area (Å²) >= 11 is 0. The van der Waals surface area contributed by atoms with Gasteiger partial charge in [0.05, 0.1) is 0 Å². The zero-order valence-corrected chi connectivity index (χ0v) is 9.46. The largest absolute Gasteiger partial charge is 0.330 e. The SMILES string of the molecule is CC(C)CC(CN)C(=O)CCC1CC1. The summed E-state index contributed by atoms with van der Waals surface area (Å²) in [6.45, 7) is 4.83. The van der Waals surface area contributed by atoms with Crippen molar-refractivity contribution in [2.75, 3.05) is 6.54 Å². The molecule has 0 saturated heterocycles. The van der Waals surface area contributed by atoms with Gasteiger partial charge >= 0.3 is 0 Å². The van der Waals surface area contributed by atoms with E-state index < -0.39 is 0 Å². The molecule has 1 saturated carbocycles. The molecule has 14 heavy (non-hydrogen) atoms. The van der Waals surface area contributed by atoms with Gasteiger partial charge in [0, 0.05) is 18.9 Å². The van der Waals surface area contributed by atoms with Gasteiger partial charge in [-0.2, -0.15) is 0 Å². The van der Waals surface area contributed by atoms with Crippen molar-refractivity contribution in [2.24, 2.45) is 23.5 Å². The molecule has 1 aliphatic carbocycles. The van der Waals surface area contributed by atoms with Gasteiger partial charge in [-0.3, -0.25) is 4.79 Å². The monoisotopic (exact) mass is 197 g/mol. The van der Waals surface area contributed by atoms with Gasteiger partial charge in [0.15, 0.2) is 0 Å². The molecule has 2 nitrogen and oxygen atoms in total. The predicted octanol–water partition coefficient (Wildman–Crippen LogP) is 2.37. The van der Waals surface area contributed by atoms with E-state index in [1.54, 1.807) is 0 Å². The molecule has 0 amide bonds. The Kier molecular flexibility index (Phi) is 4.59. The first-order valence-electron chi connectivity index (χ1n) is 5.86. The number of carbonyl (C=O) groups excluding carboxylic acids is 1. The Morgan fingerprint density at radius 2 is 2.07 bits per heavy atom. The number of rotatable bonds is 7. The highest BCUT2D eigenvalue weighted by Gasteiger charge is 2.24. The van der Waals surface area contributed by atoms with Crippen molar-refractivity contribution in [3.05, 3.63) is 0 Å². The summed E-state index contributed by atoms with van der Waals surface area (Å²) in [7, 11) is 0. The number of Topliss-reactive ketones (excluding diaryl/α,β-unsaturated/α-hetero) is 1. The Labute approximate surface area is 87.2 Å². The van der Waals surface area contributed by atoms with Crippen molar-refractivity contribution in [3.63, 3.8) is 0 Å². The van der Waals surface area contributed by atoms with Crippen LogP contribution in [0.25, 0.3) is 0 Å². The molecule has 1 atom stereocenters. The zero-order valence-electron chi connectivity index (χ0n) is 9.46. The first-order valence-corrected chi connectivity index (χ1v) is 5.86. The summed E-state index contributed by atoms with van der Waals surface area (Å²) in [6, 6.07) is 0. The highest BCUT2D eigenvalue weighted by atomic mass is 16.1. The van der Waals surface area contributed by atoms with E-state index in [0.717, 1.165) is 25.2 Å². The van der Waals surface area contributed by atoms with Crippen LogP contribution in [0.1, 0.15) is 46.0 Å². The van der Waals surface area contributed by atoms with Gasteiger partial charge in [0.1, 0.15) is 5.78 Å². The lowest BCUT2D eigenvalue weighted by Gasteiger charge is -2.15. The van der Waals surface area contributed by atoms with Crippen LogP contribution in [-0.2, 0) is 4.79 Å². The maximum Gasteiger partial charge on any atom is 0.137 e. The maximum atomic E-state index is 11.8. The normalized spacial score (nSPS) is 18.6. The molecule has 0 aromatic heterocycles. The minimum atomic E-state index is 0.119. The molecule has 1 rings (SSSR count). The lowest BCUT2D eigenvalue weighted by Crippen LogP contribution is -2.25. The Balaban J connectivity index is 2.22. The molecule has 1 fully saturated rings. The molecule has 1 aliphatic rings. The Morgan fingerprint density at radius 1 is 1.43 bits per heavy atom. The second kappa shape index (κ2) is 5.50. The van der Waals surface area contributed by atoms with E-state index in [4.69, 9.17) is 5.73 Å². The summed E-state index contributed by atoms with van der Waals surface area (Å²) < 4.78 is 0. The molecule has 2 N–H and O–H groups in total. The van der Waals surface area contributed by atoms with Crippen molar-refractivity contribution in [3.8, 4) is 0 Å². The lowest BCUT2D eigenvalue weighted by molar-refractivity contribution is -0.123. The minimum Gasteiger partial charge on any atom is -0.330 e. The molecule has 2 heteroatoms. The first kappa shape index (κ1) is 11.7. The predicted molar refractivity (Wildman–Crippen MR) is 59.0 cm³/mol. The van der Waals surface area contributed by atoms with Crippen LogP contribution in [0.4, 0.5) is 0 Å². The summed E-state index contributed by atoms with van der Waals surface area (Å²) in [5, 5.41) is 0. The highest BCUT2D eigenvalue weighted by Crippen LogP contribution is 2.34. The van der Waals surface area contributed by atoms with Crippen molar-refractivity contribution in [1.82, 2.24) is 0 Å². The number of nitrogens with two attached hydrogens (primary N) is 1. The minimum absolute atomic E-state index is 0.119. The van der Waals surface area contributed by atoms with Gasteiger partial charge in [-0.05, 0) is 24.7 Å². The summed E-state index contributed by atoms with van der Waals surface area (Å²) in [4.78, 5) is 11.8. The molecule has 82 valence electrons. The summed E-state index contributed by atoms with van der Waals surface area (Å²) in [5.41, 5.74) is 5.62. The van der Waals surface area contributed by atoms with Crippen LogP contribution in [0.2, 0.25) is 0 Å². The molecule has 1 unspecified atom stereocenters. The average molecular weight is 197 g/mol. The molecular formula is C12H23NO. The molecule has 0 aliphatic heterocycles. The Morgan fingerprint density at radius 3 is 2.50 bits per heavy atom. The van der Waals surface area contributed by atoms with Crippen LogP contribution in [0.15, 0.2) is 0 Å². The fourth-order valence-corrected chi connectivity index (χ4v) is 1.89. The molecule has 0 aromatic carbocycles. The van der Waals surface area contributed by atoms with Crippen LogP contribution in [0.3, 0.4) is 0 Å². The van der Waals surface area contributed by atoms with Gasteiger partial charge in [0.2, 0.25) is 0 Å². The molecular weight excluding hydrogens is 174 g/mol. The lowest BCUT2D eigenvalue weighted by atomic mass is 9.91. The third kappa shape index (κ3) is 4.23. The van der Waals surface area contributed by atoms with E-state index in [2.05, 4.69) is 13.8 Å². The van der Waals surface area contributed by atoms with E-state index >= 15 is 0 Å². The molecule has 0 heterocycles. The second-order valence-corrected chi connectivity index (χ2v) is 5.01. The van der Waals surface area contributed by atoms with Crippen molar-refractivity contribution in [1.29, 1.82) is 0 Å². The number of hydrogen-bond acceptors (Lipinski definition) is 2. The topological polar surface area (TPSA) is 43.1 Å². The van der Waals surface area contributed by atoms with Crippen molar-refractivity contribution in [2.45, 2.75) is 46.0 Å². The van der Waals surface area contributed by atoms with Crippen molar-refractivity contribution < 1.29 is 4.79 Å². The van der Waals surface area contributed by atoms with Crippen LogP contribution in [0, 0.1) is 17.8 Å². The molecule has 0 bridgehead atoms. The van der Waals surface area contributed by atoms with Crippen LogP contribution < -0.4 is 5.73 Å². The Bertz CT molecular complexity index is 185. The number of carbonyl (C=O) groups is 1. The van der Waals surface area contributed by atoms with E-state index in [1.165, 1.54) is 12.8 Å². The number of ketones is 1. The molecule has 0 spiro atoms. The summed E-state index contributed by atoms with van der Waals surface area (Å²) in [5.74, 6) is 1.95. The van der Waals surface area contributed by atoms with Gasteiger partial charge in [-0.1, -0.05) is 26.7 Å². The van der Waals surface area contributed by atoms with E-state index in [9.17, 15) is 4.79 Å². The van der Waals surface area contributed by atoms with Crippen molar-refractivity contribution >= 4 is 5.78 Å². The fourth-order valence-electron chi connectivity index (χ4n) is 1.89. The fraction of sp³-hybridized carbons (Fsp3) is 0.917. The standard InChI is InChI=1S/C12H23NO/c1-9(2)7-11(8-13)12(14)6-5-10-3-4-10/h9-11H,3-8,13H2,1-2H3. The summed E-state index contributed by atoms with van der Waals surface area (Å²) in [6.07, 6.45) is 5.50. The quantitative estimate of drug-likeness (QED) is 0.681. The van der Waals surface area contributed by atoms with Crippen LogP contribution in [-0.4, -0.2) is 12.3 Å². The second-order valence-electron chi connectivity index (χ2n) is 5.01. The van der Waals surface area contributed by atoms with E-state index in [0.29, 0.717) is 18.2 Å². The zero-order chi connectivity index (χ0) is 10.6. The smallest absolute Gasteiger partial charge is 0.137 e. The third-order valence-electron chi connectivity index (χ3n) is 2.99. The maximum absolute atomic E-state index is 11.8.